The summed E-state index contributed by atoms with van der Waals surface area (Å²) in [6, 6.07) is 5.87. The van der Waals surface area contributed by atoms with E-state index in [-0.39, 0.29) is 5.82 Å². The molecule has 0 unspecified atom stereocenters. The average Bonchev–Trinajstić information content (AvgIpc) is 2.85. The predicted molar refractivity (Wildman–Crippen MR) is 99.1 cm³/mol. The van der Waals surface area contributed by atoms with Gasteiger partial charge in [-0.1, -0.05) is 5.92 Å². The Kier molecular flexibility index (Phi) is 5.24. The third-order valence-electron chi connectivity index (χ3n) is 3.19. The van der Waals surface area contributed by atoms with Crippen molar-refractivity contribution in [2.75, 3.05) is 7.11 Å². The smallest absolute Gasteiger partial charge is 0.157 e. The fraction of sp³-hybridized carbons (Fsp3) is 0.176. The van der Waals surface area contributed by atoms with Crippen LogP contribution in [0.4, 0.5) is 0 Å². The summed E-state index contributed by atoms with van der Waals surface area (Å²) < 4.78 is 7.95. The van der Waals surface area contributed by atoms with E-state index in [1.807, 2.05) is 36.0 Å². The molecule has 2 rings (SSSR count). The number of hydrogen-bond donors (Lipinski definition) is 1. The van der Waals surface area contributed by atoms with Gasteiger partial charge < -0.3 is 15.0 Å². The Balaban J connectivity index is 2.58. The van der Waals surface area contributed by atoms with E-state index in [2.05, 4.69) is 44.5 Å². The van der Waals surface area contributed by atoms with Crippen LogP contribution >= 0.6 is 15.9 Å². The molecule has 0 amide bonds. The minimum Gasteiger partial charge on any atom is -0.497 e. The van der Waals surface area contributed by atoms with Gasteiger partial charge in [0.1, 0.15) is 5.75 Å². The molecule has 0 aliphatic carbocycles. The Labute approximate surface area is 143 Å². The monoisotopic (exact) mass is 372 g/mol. The topological polar surface area (TPSA) is 64.9 Å². The van der Waals surface area contributed by atoms with Gasteiger partial charge in [0.25, 0.3) is 0 Å². The highest BCUT2D eigenvalue weighted by Gasteiger charge is 2.06. The summed E-state index contributed by atoms with van der Waals surface area (Å²) in [6.07, 6.45) is 1.96. The maximum absolute atomic E-state index is 5.79. The third-order valence-corrected chi connectivity index (χ3v) is 3.37. The van der Waals surface area contributed by atoms with Crippen molar-refractivity contribution in [3.05, 3.63) is 41.5 Å². The first kappa shape index (κ1) is 16.8. The van der Waals surface area contributed by atoms with E-state index in [0.717, 1.165) is 22.2 Å². The lowest BCUT2D eigenvalue weighted by Gasteiger charge is -2.00. The van der Waals surface area contributed by atoms with E-state index in [0.29, 0.717) is 10.3 Å². The zero-order valence-electron chi connectivity index (χ0n) is 13.2. The van der Waals surface area contributed by atoms with Crippen molar-refractivity contribution in [1.82, 2.24) is 4.57 Å². The molecule has 23 heavy (non-hydrogen) atoms. The second kappa shape index (κ2) is 7.16. The Hall–Kier alpha value is -2.52. The van der Waals surface area contributed by atoms with Crippen LogP contribution in [-0.4, -0.2) is 23.0 Å². The molecule has 2 N–H and O–H groups in total. The van der Waals surface area contributed by atoms with Crippen molar-refractivity contribution in [2.45, 2.75) is 6.92 Å². The molecule has 0 bridgehead atoms. The molecule has 1 aromatic heterocycles. The van der Waals surface area contributed by atoms with Crippen molar-refractivity contribution in [1.29, 1.82) is 0 Å². The zero-order valence-corrected chi connectivity index (χ0v) is 14.8. The van der Waals surface area contributed by atoms with Crippen molar-refractivity contribution in [3.63, 3.8) is 0 Å². The summed E-state index contributed by atoms with van der Waals surface area (Å²) in [4.78, 5) is 7.93. The average molecular weight is 373 g/mol. The summed E-state index contributed by atoms with van der Waals surface area (Å²) in [5.74, 6) is 7.03. The Morgan fingerprint density at radius 3 is 2.78 bits per heavy atom. The van der Waals surface area contributed by atoms with Crippen LogP contribution < -0.4 is 10.5 Å². The number of allylic oxidation sites excluding steroid dienone is 1. The normalized spacial score (nSPS) is 12.4. The Morgan fingerprint density at radius 1 is 1.43 bits per heavy atom. The number of aromatic nitrogens is 1. The van der Waals surface area contributed by atoms with Crippen LogP contribution in [0.2, 0.25) is 0 Å². The number of hydrogen-bond acceptors (Lipinski definition) is 4. The highest BCUT2D eigenvalue weighted by Crippen LogP contribution is 2.25. The molecular formula is C17H17BrN4O. The van der Waals surface area contributed by atoms with Gasteiger partial charge in [0.05, 0.1) is 17.3 Å². The van der Waals surface area contributed by atoms with Crippen molar-refractivity contribution >= 4 is 38.2 Å². The molecule has 0 spiro atoms. The molecule has 0 fully saturated rings. The van der Waals surface area contributed by atoms with Crippen molar-refractivity contribution in [3.8, 4) is 17.6 Å². The molecule has 5 nitrogen and oxygen atoms in total. The molecule has 0 atom stereocenters. The number of fused-ring (bicyclic) bond motifs is 1. The van der Waals surface area contributed by atoms with Crippen LogP contribution in [0.1, 0.15) is 12.5 Å². The molecular weight excluding hydrogens is 356 g/mol. The molecule has 6 heteroatoms. The summed E-state index contributed by atoms with van der Waals surface area (Å²) >= 11 is 3.27. The summed E-state index contributed by atoms with van der Waals surface area (Å²) in [6.45, 7) is 5.21. The molecule has 0 saturated heterocycles. The van der Waals surface area contributed by atoms with Crippen molar-refractivity contribution < 1.29 is 4.74 Å². The van der Waals surface area contributed by atoms with Gasteiger partial charge in [0.15, 0.2) is 11.5 Å². The predicted octanol–water partition coefficient (Wildman–Crippen LogP) is 3.18. The number of rotatable bonds is 3. The number of nitrogens with zero attached hydrogens (tertiary/aromatic N) is 3. The number of nitrogens with two attached hydrogens (primary N) is 1. The van der Waals surface area contributed by atoms with Gasteiger partial charge >= 0.3 is 0 Å². The second-order valence-corrected chi connectivity index (χ2v) is 5.94. The molecule has 0 saturated carbocycles. The number of aliphatic imine (C=N–C) groups is 2. The summed E-state index contributed by atoms with van der Waals surface area (Å²) in [5.41, 5.74) is 8.08. The van der Waals surface area contributed by atoms with E-state index in [9.17, 15) is 0 Å². The minimum absolute atomic E-state index is 0.189. The largest absolute Gasteiger partial charge is 0.497 e. The van der Waals surface area contributed by atoms with Gasteiger partial charge in [-0.05, 0) is 53.7 Å². The van der Waals surface area contributed by atoms with E-state index in [1.165, 1.54) is 0 Å². The van der Waals surface area contributed by atoms with Crippen LogP contribution in [0.5, 0.6) is 5.75 Å². The Bertz CT molecular complexity index is 877. The number of ether oxygens (including phenoxy) is 1. The molecule has 1 aromatic carbocycles. The fourth-order valence-electron chi connectivity index (χ4n) is 2.10. The lowest BCUT2D eigenvalue weighted by atomic mass is 10.1. The van der Waals surface area contributed by atoms with Gasteiger partial charge in [0.2, 0.25) is 0 Å². The first-order valence-electron chi connectivity index (χ1n) is 6.78. The summed E-state index contributed by atoms with van der Waals surface area (Å²) in [5, 5.41) is 1.00. The third kappa shape index (κ3) is 3.82. The standard InChI is InChI=1S/C17H17BrN4O/c1-11(18)21-15(17(19)20-2)7-5-12-10-22(3)16-8-6-13(23-4)9-14(12)16/h6,8-10H,2,19H2,1,3-4H3/b17-15-,21-11?. The van der Waals surface area contributed by atoms with Crippen LogP contribution in [0, 0.1) is 11.8 Å². The Morgan fingerprint density at radius 2 is 2.17 bits per heavy atom. The van der Waals surface area contributed by atoms with Gasteiger partial charge in [-0.3, -0.25) is 0 Å². The van der Waals surface area contributed by atoms with E-state index >= 15 is 0 Å². The lowest BCUT2D eigenvalue weighted by molar-refractivity contribution is 0.415. The fourth-order valence-corrected chi connectivity index (χ4v) is 2.28. The van der Waals surface area contributed by atoms with Gasteiger partial charge in [-0.15, -0.1) is 0 Å². The van der Waals surface area contributed by atoms with Crippen LogP contribution in [-0.2, 0) is 7.05 Å². The zero-order chi connectivity index (χ0) is 17.0. The van der Waals surface area contributed by atoms with Crippen LogP contribution in [0.3, 0.4) is 0 Å². The molecule has 118 valence electrons. The molecule has 1 heterocycles. The number of methoxy groups -OCH3 is 1. The van der Waals surface area contributed by atoms with Gasteiger partial charge in [-0.2, -0.15) is 0 Å². The maximum Gasteiger partial charge on any atom is 0.157 e. The number of halogens is 1. The lowest BCUT2D eigenvalue weighted by Crippen LogP contribution is -1.97. The molecule has 0 aliphatic rings. The number of aryl methyl sites for hydroxylation is 1. The summed E-state index contributed by atoms with van der Waals surface area (Å²) in [7, 11) is 3.61. The SMILES string of the molecule is C=N/C(N)=C(/C#Cc1cn(C)c2ccc(OC)cc12)N=C(C)Br. The van der Waals surface area contributed by atoms with Crippen LogP contribution in [0.25, 0.3) is 10.9 Å². The van der Waals surface area contributed by atoms with Crippen molar-refractivity contribution in [2.24, 2.45) is 22.8 Å². The van der Waals surface area contributed by atoms with Gasteiger partial charge in [-0.25, -0.2) is 9.98 Å². The second-order valence-electron chi connectivity index (χ2n) is 4.79. The minimum atomic E-state index is 0.189. The maximum atomic E-state index is 5.79. The first-order valence-corrected chi connectivity index (χ1v) is 7.58. The van der Waals surface area contributed by atoms with Gasteiger partial charge in [0, 0.05) is 24.1 Å². The van der Waals surface area contributed by atoms with E-state index < -0.39 is 0 Å². The molecule has 0 radical (unpaired) electrons. The number of benzene rings is 1. The van der Waals surface area contributed by atoms with E-state index in [1.54, 1.807) is 14.0 Å². The molecule has 0 aliphatic heterocycles. The quantitative estimate of drug-likeness (QED) is 0.664. The highest BCUT2D eigenvalue weighted by atomic mass is 79.9. The highest BCUT2D eigenvalue weighted by molar-refractivity contribution is 9.18. The molecule has 2 aromatic rings. The van der Waals surface area contributed by atoms with Crippen LogP contribution in [0.15, 0.2) is 45.9 Å². The first-order chi connectivity index (χ1) is 11.0. The van der Waals surface area contributed by atoms with E-state index in [4.69, 9.17) is 10.5 Å².